The fraction of sp³-hybridized carbons (Fsp3) is 0.304. The molecule has 1 aromatic carbocycles. The molecule has 7 heteroatoms. The first-order valence-corrected chi connectivity index (χ1v) is 10.3. The minimum atomic E-state index is -0.391. The van der Waals surface area contributed by atoms with Gasteiger partial charge in [0.1, 0.15) is 5.82 Å². The van der Waals surface area contributed by atoms with Gasteiger partial charge in [-0.3, -0.25) is 9.59 Å². The van der Waals surface area contributed by atoms with Crippen LogP contribution in [0.25, 0.3) is 22.4 Å². The molecule has 152 valence electrons. The first-order valence-electron chi connectivity index (χ1n) is 10.3. The van der Waals surface area contributed by atoms with Crippen molar-refractivity contribution >= 4 is 16.9 Å². The molecule has 2 aliphatic heterocycles. The van der Waals surface area contributed by atoms with Crippen molar-refractivity contribution in [1.29, 1.82) is 0 Å². The molecule has 3 heterocycles. The fourth-order valence-corrected chi connectivity index (χ4v) is 4.47. The van der Waals surface area contributed by atoms with Crippen LogP contribution in [0.2, 0.25) is 0 Å². The second kappa shape index (κ2) is 7.40. The van der Waals surface area contributed by atoms with Gasteiger partial charge in [-0.1, -0.05) is 12.1 Å². The lowest BCUT2D eigenvalue weighted by atomic mass is 9.90. The van der Waals surface area contributed by atoms with Crippen LogP contribution in [0.1, 0.15) is 42.2 Å². The number of carbonyl (C=O) groups is 1. The molecule has 3 aliphatic rings. The highest BCUT2D eigenvalue weighted by molar-refractivity contribution is 5.94. The van der Waals surface area contributed by atoms with E-state index in [1.165, 1.54) is 4.57 Å². The van der Waals surface area contributed by atoms with Crippen molar-refractivity contribution < 1.29 is 4.79 Å². The Labute approximate surface area is 173 Å². The summed E-state index contributed by atoms with van der Waals surface area (Å²) in [5.74, 6) is 0.617. The van der Waals surface area contributed by atoms with Gasteiger partial charge in [0.15, 0.2) is 5.69 Å². The van der Waals surface area contributed by atoms with Crippen molar-refractivity contribution in [1.82, 2.24) is 24.4 Å². The number of hydrogen-bond donors (Lipinski definition) is 1. The van der Waals surface area contributed by atoms with Crippen LogP contribution in [0.15, 0.2) is 59.7 Å². The maximum atomic E-state index is 12.8. The number of hydrogen-bond acceptors (Lipinski definition) is 4. The van der Waals surface area contributed by atoms with Crippen molar-refractivity contribution in [2.24, 2.45) is 7.05 Å². The number of rotatable bonds is 3. The Morgan fingerprint density at radius 3 is 2.70 bits per heavy atom. The lowest BCUT2D eigenvalue weighted by molar-refractivity contribution is 0.0915. The summed E-state index contributed by atoms with van der Waals surface area (Å²) in [5, 5.41) is 3.03. The summed E-state index contributed by atoms with van der Waals surface area (Å²) < 4.78 is 3.73. The normalized spacial score (nSPS) is 19.2. The quantitative estimate of drug-likeness (QED) is 0.572. The van der Waals surface area contributed by atoms with Crippen LogP contribution in [0.5, 0.6) is 0 Å². The molecule has 0 atom stereocenters. The van der Waals surface area contributed by atoms with Gasteiger partial charge in [-0.05, 0) is 56.0 Å². The molecular formula is C23H23N5O2. The van der Waals surface area contributed by atoms with E-state index in [1.54, 1.807) is 7.05 Å². The van der Waals surface area contributed by atoms with E-state index in [1.807, 2.05) is 36.5 Å². The van der Waals surface area contributed by atoms with Crippen molar-refractivity contribution in [3.05, 3.63) is 70.9 Å². The van der Waals surface area contributed by atoms with Gasteiger partial charge in [-0.2, -0.15) is 0 Å². The Kier molecular flexibility index (Phi) is 4.58. The Bertz CT molecular complexity index is 1250. The molecule has 5 rings (SSSR count). The Hall–Kier alpha value is -3.48. The molecule has 0 saturated heterocycles. The number of nitrogens with one attached hydrogen (secondary N) is 1. The number of benzene rings is 1. The highest BCUT2D eigenvalue weighted by Crippen LogP contribution is 2.32. The van der Waals surface area contributed by atoms with E-state index in [2.05, 4.69) is 38.2 Å². The lowest BCUT2D eigenvalue weighted by Crippen LogP contribution is -2.41. The Morgan fingerprint density at radius 1 is 1.07 bits per heavy atom. The van der Waals surface area contributed by atoms with Crippen LogP contribution in [0.3, 0.4) is 0 Å². The standard InChI is InChI=1S/C23H23N5O2/c1-27-19-7-3-2-6-18(19)26-20(23(27)30)22(29)25-16-8-10-17(11-9-16)28-14-4-5-15-12-13-24-21(15)28/h2-7,12-14,16-17H,8-11H2,1H3,(H,25,29). The van der Waals surface area contributed by atoms with E-state index in [9.17, 15) is 9.59 Å². The van der Waals surface area contributed by atoms with E-state index < -0.39 is 5.91 Å². The van der Waals surface area contributed by atoms with Crippen molar-refractivity contribution in [3.63, 3.8) is 0 Å². The van der Waals surface area contributed by atoms with Gasteiger partial charge < -0.3 is 14.5 Å². The number of carbonyl (C=O) groups excluding carboxylic acids is 1. The van der Waals surface area contributed by atoms with E-state index >= 15 is 0 Å². The molecule has 0 bridgehead atoms. The molecule has 2 aromatic rings. The third-order valence-electron chi connectivity index (χ3n) is 6.10. The summed E-state index contributed by atoms with van der Waals surface area (Å²) in [6.45, 7) is 0. The molecule has 1 saturated carbocycles. The molecule has 7 nitrogen and oxygen atoms in total. The van der Waals surface area contributed by atoms with Gasteiger partial charge in [0.25, 0.3) is 11.5 Å². The Morgan fingerprint density at radius 2 is 1.87 bits per heavy atom. The predicted molar refractivity (Wildman–Crippen MR) is 115 cm³/mol. The first kappa shape index (κ1) is 18.5. The van der Waals surface area contributed by atoms with E-state index in [0.717, 1.165) is 37.1 Å². The third-order valence-corrected chi connectivity index (χ3v) is 6.10. The number of fused-ring (bicyclic) bond motifs is 2. The molecule has 0 unspecified atom stereocenters. The zero-order valence-corrected chi connectivity index (χ0v) is 16.8. The summed E-state index contributed by atoms with van der Waals surface area (Å²) in [5.41, 5.74) is 2.08. The molecule has 1 aliphatic carbocycles. The molecule has 0 spiro atoms. The number of aryl methyl sites for hydroxylation is 1. The highest BCUT2D eigenvalue weighted by atomic mass is 16.2. The largest absolute Gasteiger partial charge is 0.348 e. The van der Waals surface area contributed by atoms with Gasteiger partial charge in [-0.15, -0.1) is 0 Å². The SMILES string of the molecule is Cn1c(=O)c(C(=O)NC2CCC(n3cccc4ccnc3-4)CC2)nc2ccccc21. The number of aromatic nitrogens is 4. The second-order valence-electron chi connectivity index (χ2n) is 7.93. The zero-order chi connectivity index (χ0) is 20.7. The van der Waals surface area contributed by atoms with Crippen LogP contribution in [0.4, 0.5) is 0 Å². The van der Waals surface area contributed by atoms with Crippen LogP contribution in [-0.4, -0.2) is 31.1 Å². The van der Waals surface area contributed by atoms with Gasteiger partial charge in [0, 0.05) is 37.1 Å². The minimum Gasteiger partial charge on any atom is -0.348 e. The summed E-state index contributed by atoms with van der Waals surface area (Å²) in [4.78, 5) is 34.3. The average Bonchev–Trinajstić information content (AvgIpc) is 3.26. The van der Waals surface area contributed by atoms with Gasteiger partial charge >= 0.3 is 0 Å². The van der Waals surface area contributed by atoms with Crippen LogP contribution in [0, 0.1) is 0 Å². The molecule has 1 aromatic heterocycles. The topological polar surface area (TPSA) is 81.8 Å². The fourth-order valence-electron chi connectivity index (χ4n) is 4.47. The highest BCUT2D eigenvalue weighted by Gasteiger charge is 2.26. The van der Waals surface area contributed by atoms with Crippen molar-refractivity contribution in [2.45, 2.75) is 37.8 Å². The first-order chi connectivity index (χ1) is 14.6. The van der Waals surface area contributed by atoms with Crippen molar-refractivity contribution in [3.8, 4) is 11.4 Å². The number of nitrogens with zero attached hydrogens (tertiary/aromatic N) is 4. The summed E-state index contributed by atoms with van der Waals surface area (Å²) in [6.07, 6.45) is 7.53. The van der Waals surface area contributed by atoms with Gasteiger partial charge in [0.2, 0.25) is 0 Å². The van der Waals surface area contributed by atoms with Crippen LogP contribution in [-0.2, 0) is 7.05 Å². The molecule has 0 radical (unpaired) electrons. The van der Waals surface area contributed by atoms with Gasteiger partial charge in [0.05, 0.1) is 11.0 Å². The average molecular weight is 401 g/mol. The summed E-state index contributed by atoms with van der Waals surface area (Å²) >= 11 is 0. The second-order valence-corrected chi connectivity index (χ2v) is 7.93. The molecule has 1 amide bonds. The maximum absolute atomic E-state index is 12.8. The van der Waals surface area contributed by atoms with Crippen molar-refractivity contribution in [2.75, 3.05) is 0 Å². The van der Waals surface area contributed by atoms with E-state index in [-0.39, 0.29) is 17.3 Å². The predicted octanol–water partition coefficient (Wildman–Crippen LogP) is 3.15. The number of pyridine rings is 1. The summed E-state index contributed by atoms with van der Waals surface area (Å²) in [6, 6.07) is 13.9. The molecule has 1 fully saturated rings. The lowest BCUT2D eigenvalue weighted by Gasteiger charge is -2.31. The Balaban J connectivity index is 1.30. The summed E-state index contributed by atoms with van der Waals surface area (Å²) in [7, 11) is 1.67. The number of amides is 1. The molecule has 1 N–H and O–H groups in total. The third kappa shape index (κ3) is 3.16. The van der Waals surface area contributed by atoms with E-state index in [0.29, 0.717) is 17.1 Å². The molecule has 30 heavy (non-hydrogen) atoms. The molecular weight excluding hydrogens is 378 g/mol. The monoisotopic (exact) mass is 401 g/mol. The van der Waals surface area contributed by atoms with Crippen LogP contribution >= 0.6 is 0 Å². The van der Waals surface area contributed by atoms with Crippen LogP contribution < -0.4 is 10.9 Å². The zero-order valence-electron chi connectivity index (χ0n) is 16.8. The van der Waals surface area contributed by atoms with Gasteiger partial charge in [-0.25, -0.2) is 9.97 Å². The minimum absolute atomic E-state index is 0.0409. The smallest absolute Gasteiger partial charge is 0.282 e. The number of para-hydroxylation sites is 2. The van der Waals surface area contributed by atoms with E-state index in [4.69, 9.17) is 0 Å². The maximum Gasteiger partial charge on any atom is 0.282 e.